The van der Waals surface area contributed by atoms with Crippen LogP contribution in [0, 0.1) is 5.41 Å². The van der Waals surface area contributed by atoms with Gasteiger partial charge in [-0.25, -0.2) is 0 Å². The second kappa shape index (κ2) is 5.10. The fourth-order valence-corrected chi connectivity index (χ4v) is 3.44. The van der Waals surface area contributed by atoms with E-state index in [0.717, 1.165) is 17.5 Å². The maximum atomic E-state index is 10.2. The van der Waals surface area contributed by atoms with Crippen LogP contribution in [-0.2, 0) is 6.54 Å². The van der Waals surface area contributed by atoms with Crippen molar-refractivity contribution in [1.29, 1.82) is 0 Å². The summed E-state index contributed by atoms with van der Waals surface area (Å²) in [4.78, 5) is 0. The summed E-state index contributed by atoms with van der Waals surface area (Å²) in [7, 11) is 0. The van der Waals surface area contributed by atoms with Gasteiger partial charge < -0.3 is 10.4 Å². The molecule has 2 N–H and O–H groups in total. The average molecular weight is 269 g/mol. The fourth-order valence-electron chi connectivity index (χ4n) is 3.44. The van der Waals surface area contributed by atoms with E-state index in [1.54, 1.807) is 6.07 Å². The van der Waals surface area contributed by atoms with Gasteiger partial charge in [-0.2, -0.15) is 0 Å². The molecule has 0 aromatic heterocycles. The highest BCUT2D eigenvalue weighted by molar-refractivity contribution is 5.87. The van der Waals surface area contributed by atoms with Gasteiger partial charge in [-0.3, -0.25) is 0 Å². The number of benzene rings is 2. The number of hydrogen-bond donors (Lipinski definition) is 2. The maximum absolute atomic E-state index is 10.2. The summed E-state index contributed by atoms with van der Waals surface area (Å²) in [5, 5.41) is 16.2. The van der Waals surface area contributed by atoms with Gasteiger partial charge in [0, 0.05) is 18.2 Å². The molecule has 0 spiro atoms. The van der Waals surface area contributed by atoms with E-state index in [1.807, 2.05) is 18.2 Å². The van der Waals surface area contributed by atoms with Crippen molar-refractivity contribution in [2.45, 2.75) is 45.7 Å². The predicted octanol–water partition coefficient (Wildman–Crippen LogP) is 4.21. The summed E-state index contributed by atoms with van der Waals surface area (Å²) in [5.74, 6) is 0.395. The number of nitrogens with one attached hydrogen (secondary N) is 1. The first-order valence-corrected chi connectivity index (χ1v) is 7.51. The predicted molar refractivity (Wildman–Crippen MR) is 83.9 cm³/mol. The minimum atomic E-state index is 0.361. The van der Waals surface area contributed by atoms with Crippen LogP contribution in [0.25, 0.3) is 10.8 Å². The molecule has 1 unspecified atom stereocenters. The summed E-state index contributed by atoms with van der Waals surface area (Å²) in [6.45, 7) is 5.41. The zero-order chi connectivity index (χ0) is 14.2. The lowest BCUT2D eigenvalue weighted by molar-refractivity contribution is 0.282. The minimum Gasteiger partial charge on any atom is -0.508 e. The Kier molecular flexibility index (Phi) is 3.43. The van der Waals surface area contributed by atoms with Crippen molar-refractivity contribution < 1.29 is 5.11 Å². The van der Waals surface area contributed by atoms with Crippen LogP contribution in [0.1, 0.15) is 38.7 Å². The van der Waals surface area contributed by atoms with Crippen LogP contribution in [0.3, 0.4) is 0 Å². The lowest BCUT2D eigenvalue weighted by atomic mass is 9.87. The Morgan fingerprint density at radius 3 is 2.75 bits per heavy atom. The molecule has 2 aromatic rings. The lowest BCUT2D eigenvalue weighted by Crippen LogP contribution is -2.37. The third kappa shape index (κ3) is 2.40. The molecule has 0 heterocycles. The Hall–Kier alpha value is -1.54. The van der Waals surface area contributed by atoms with E-state index in [4.69, 9.17) is 0 Å². The highest BCUT2D eigenvalue weighted by Gasteiger charge is 2.33. The van der Waals surface area contributed by atoms with E-state index in [9.17, 15) is 5.11 Å². The van der Waals surface area contributed by atoms with E-state index in [-0.39, 0.29) is 0 Å². The number of hydrogen-bond acceptors (Lipinski definition) is 2. The summed E-state index contributed by atoms with van der Waals surface area (Å²) >= 11 is 0. The van der Waals surface area contributed by atoms with Crippen LogP contribution in [0.2, 0.25) is 0 Å². The molecule has 20 heavy (non-hydrogen) atoms. The van der Waals surface area contributed by atoms with Crippen LogP contribution < -0.4 is 5.32 Å². The van der Waals surface area contributed by atoms with Crippen molar-refractivity contribution in [2.24, 2.45) is 5.41 Å². The second-order valence-corrected chi connectivity index (χ2v) is 6.60. The molecular formula is C18H23NO. The Bertz CT molecular complexity index is 618. The molecule has 0 saturated heterocycles. The standard InChI is InChI=1S/C18H23NO/c1-18(2)11-5-8-17(18)19-12-15-14-7-4-3-6-13(14)9-10-16(15)20/h3-4,6-7,9-10,17,19-20H,5,8,11-12H2,1-2H3. The third-order valence-corrected chi connectivity index (χ3v) is 4.80. The molecule has 1 atom stereocenters. The van der Waals surface area contributed by atoms with Crippen LogP contribution in [0.5, 0.6) is 5.75 Å². The van der Waals surface area contributed by atoms with Gasteiger partial charge in [0.05, 0.1) is 0 Å². The highest BCUT2D eigenvalue weighted by atomic mass is 16.3. The molecule has 2 aromatic carbocycles. The van der Waals surface area contributed by atoms with Crippen molar-refractivity contribution in [2.75, 3.05) is 0 Å². The monoisotopic (exact) mass is 269 g/mol. The molecule has 1 aliphatic rings. The molecule has 0 amide bonds. The second-order valence-electron chi connectivity index (χ2n) is 6.60. The van der Waals surface area contributed by atoms with E-state index in [2.05, 4.69) is 31.3 Å². The molecule has 106 valence electrons. The zero-order valence-corrected chi connectivity index (χ0v) is 12.3. The van der Waals surface area contributed by atoms with Crippen molar-refractivity contribution in [3.8, 4) is 5.75 Å². The third-order valence-electron chi connectivity index (χ3n) is 4.80. The topological polar surface area (TPSA) is 32.3 Å². The largest absolute Gasteiger partial charge is 0.508 e. The van der Waals surface area contributed by atoms with Crippen LogP contribution in [0.15, 0.2) is 36.4 Å². The number of phenolic OH excluding ortho intramolecular Hbond substituents is 1. The van der Waals surface area contributed by atoms with Gasteiger partial charge in [-0.1, -0.05) is 50.6 Å². The van der Waals surface area contributed by atoms with Gasteiger partial charge in [-0.05, 0) is 35.1 Å². The van der Waals surface area contributed by atoms with Crippen molar-refractivity contribution in [3.63, 3.8) is 0 Å². The van der Waals surface area contributed by atoms with E-state index < -0.39 is 0 Å². The Morgan fingerprint density at radius 2 is 2.00 bits per heavy atom. The number of fused-ring (bicyclic) bond motifs is 1. The van der Waals surface area contributed by atoms with Crippen molar-refractivity contribution in [1.82, 2.24) is 5.32 Å². The molecule has 0 radical (unpaired) electrons. The lowest BCUT2D eigenvalue weighted by Gasteiger charge is -2.28. The molecular weight excluding hydrogens is 246 g/mol. The SMILES string of the molecule is CC1(C)CCCC1NCc1c(O)ccc2ccccc12. The van der Waals surface area contributed by atoms with Gasteiger partial charge in [0.2, 0.25) is 0 Å². The van der Waals surface area contributed by atoms with Gasteiger partial charge in [0.1, 0.15) is 5.75 Å². The van der Waals surface area contributed by atoms with Crippen molar-refractivity contribution in [3.05, 3.63) is 42.0 Å². The Morgan fingerprint density at radius 1 is 1.20 bits per heavy atom. The molecule has 1 saturated carbocycles. The van der Waals surface area contributed by atoms with Gasteiger partial charge in [0.25, 0.3) is 0 Å². The van der Waals surface area contributed by atoms with Gasteiger partial charge in [-0.15, -0.1) is 0 Å². The van der Waals surface area contributed by atoms with Crippen LogP contribution in [-0.4, -0.2) is 11.1 Å². The van der Waals surface area contributed by atoms with Crippen molar-refractivity contribution >= 4 is 10.8 Å². The van der Waals surface area contributed by atoms with Gasteiger partial charge in [0.15, 0.2) is 0 Å². The zero-order valence-electron chi connectivity index (χ0n) is 12.3. The van der Waals surface area contributed by atoms with E-state index in [0.29, 0.717) is 17.2 Å². The molecule has 0 bridgehead atoms. The summed E-state index contributed by atoms with van der Waals surface area (Å²) in [6, 6.07) is 12.6. The normalized spacial score (nSPS) is 21.4. The first kappa shape index (κ1) is 13.4. The summed E-state index contributed by atoms with van der Waals surface area (Å²) in [6.07, 6.45) is 3.82. The molecule has 1 aliphatic carbocycles. The quantitative estimate of drug-likeness (QED) is 0.874. The number of phenols is 1. The number of rotatable bonds is 3. The Labute approximate surface area is 120 Å². The van der Waals surface area contributed by atoms with Crippen LogP contribution >= 0.6 is 0 Å². The molecule has 2 heteroatoms. The minimum absolute atomic E-state index is 0.361. The molecule has 3 rings (SSSR count). The summed E-state index contributed by atoms with van der Waals surface area (Å²) in [5.41, 5.74) is 1.38. The molecule has 2 nitrogen and oxygen atoms in total. The van der Waals surface area contributed by atoms with E-state index in [1.165, 1.54) is 24.6 Å². The number of aromatic hydroxyl groups is 1. The van der Waals surface area contributed by atoms with E-state index >= 15 is 0 Å². The maximum Gasteiger partial charge on any atom is 0.120 e. The summed E-state index contributed by atoms with van der Waals surface area (Å²) < 4.78 is 0. The molecule has 1 fully saturated rings. The first-order chi connectivity index (χ1) is 9.58. The van der Waals surface area contributed by atoms with Crippen LogP contribution in [0.4, 0.5) is 0 Å². The van der Waals surface area contributed by atoms with Gasteiger partial charge >= 0.3 is 0 Å². The Balaban J connectivity index is 1.86. The smallest absolute Gasteiger partial charge is 0.120 e. The average Bonchev–Trinajstić information content (AvgIpc) is 2.77. The fraction of sp³-hybridized carbons (Fsp3) is 0.444. The first-order valence-electron chi connectivity index (χ1n) is 7.51. The highest BCUT2D eigenvalue weighted by Crippen LogP contribution is 2.37. The molecule has 0 aliphatic heterocycles.